The van der Waals surface area contributed by atoms with E-state index in [1.807, 2.05) is 11.8 Å². The van der Waals surface area contributed by atoms with Crippen LogP contribution in [0.3, 0.4) is 0 Å². The summed E-state index contributed by atoms with van der Waals surface area (Å²) in [5.41, 5.74) is 6.57. The van der Waals surface area contributed by atoms with E-state index in [-0.39, 0.29) is 5.91 Å². The summed E-state index contributed by atoms with van der Waals surface area (Å²) in [4.78, 5) is 14.2. The molecule has 1 aromatic carbocycles. The highest BCUT2D eigenvalue weighted by Crippen LogP contribution is 2.32. The third-order valence-electron chi connectivity index (χ3n) is 3.15. The molecule has 1 amide bonds. The van der Waals surface area contributed by atoms with Crippen LogP contribution in [-0.2, 0) is 0 Å². The lowest BCUT2D eigenvalue weighted by Crippen LogP contribution is -2.32. The third-order valence-corrected chi connectivity index (χ3v) is 3.96. The Morgan fingerprint density at radius 3 is 2.61 bits per heavy atom. The molecule has 0 saturated heterocycles. The van der Waals surface area contributed by atoms with E-state index in [2.05, 4.69) is 0 Å². The van der Waals surface area contributed by atoms with Gasteiger partial charge in [0.05, 0.1) is 15.7 Å². The Bertz CT molecular complexity index is 449. The number of hydrogen-bond acceptors (Lipinski definition) is 2. The van der Waals surface area contributed by atoms with Crippen LogP contribution in [0.5, 0.6) is 0 Å². The summed E-state index contributed by atoms with van der Waals surface area (Å²) >= 11 is 11.8. The maximum Gasteiger partial charge on any atom is 0.253 e. The molecular formula is C13H16Cl2N2O. The normalized spacial score (nSPS) is 14.6. The first-order valence-corrected chi connectivity index (χ1v) is 6.82. The molecule has 1 fully saturated rings. The van der Waals surface area contributed by atoms with Gasteiger partial charge in [0.2, 0.25) is 0 Å². The van der Waals surface area contributed by atoms with Crippen molar-refractivity contribution >= 4 is 34.8 Å². The molecule has 0 radical (unpaired) electrons. The smallest absolute Gasteiger partial charge is 0.253 e. The quantitative estimate of drug-likeness (QED) is 0.862. The highest BCUT2D eigenvalue weighted by Gasteiger charge is 2.26. The number of nitrogens with two attached hydrogens (primary N) is 1. The zero-order valence-electron chi connectivity index (χ0n) is 10.2. The fourth-order valence-corrected chi connectivity index (χ4v) is 2.22. The predicted molar refractivity (Wildman–Crippen MR) is 75.2 cm³/mol. The molecule has 1 aliphatic rings. The molecule has 98 valence electrons. The van der Waals surface area contributed by atoms with Crippen molar-refractivity contribution in [3.05, 3.63) is 27.7 Å². The summed E-state index contributed by atoms with van der Waals surface area (Å²) in [6, 6.07) is 3.17. The van der Waals surface area contributed by atoms with Gasteiger partial charge in [-0.2, -0.15) is 0 Å². The molecule has 0 aromatic heterocycles. The van der Waals surface area contributed by atoms with Crippen molar-refractivity contribution in [1.29, 1.82) is 0 Å². The Morgan fingerprint density at radius 2 is 2.11 bits per heavy atom. The summed E-state index contributed by atoms with van der Waals surface area (Å²) < 4.78 is 0. The number of carbonyl (C=O) groups is 1. The van der Waals surface area contributed by atoms with Gasteiger partial charge in [-0.3, -0.25) is 4.79 Å². The van der Waals surface area contributed by atoms with Crippen molar-refractivity contribution < 1.29 is 4.79 Å². The van der Waals surface area contributed by atoms with Crippen LogP contribution < -0.4 is 5.73 Å². The number of hydrogen-bond donors (Lipinski definition) is 1. The molecule has 5 heteroatoms. The van der Waals surface area contributed by atoms with Crippen LogP contribution in [0.25, 0.3) is 0 Å². The standard InChI is InChI=1S/C13H16Cl2N2O/c1-2-17(7-8-3-4-8)13(18)9-5-10(14)12(15)11(16)6-9/h5-6,8H,2-4,7,16H2,1H3. The van der Waals surface area contributed by atoms with Crippen molar-refractivity contribution in [1.82, 2.24) is 4.90 Å². The van der Waals surface area contributed by atoms with E-state index < -0.39 is 0 Å². The first-order valence-electron chi connectivity index (χ1n) is 6.06. The second-order valence-electron chi connectivity index (χ2n) is 4.65. The van der Waals surface area contributed by atoms with E-state index in [9.17, 15) is 4.79 Å². The van der Waals surface area contributed by atoms with Gasteiger partial charge in [0.15, 0.2) is 0 Å². The Balaban J connectivity index is 2.20. The van der Waals surface area contributed by atoms with Gasteiger partial charge in [-0.15, -0.1) is 0 Å². The van der Waals surface area contributed by atoms with Crippen LogP contribution in [0, 0.1) is 5.92 Å². The minimum Gasteiger partial charge on any atom is -0.397 e. The number of benzene rings is 1. The van der Waals surface area contributed by atoms with E-state index in [0.29, 0.717) is 33.8 Å². The van der Waals surface area contributed by atoms with Gasteiger partial charge < -0.3 is 10.6 Å². The number of halogens is 2. The highest BCUT2D eigenvalue weighted by atomic mass is 35.5. The van der Waals surface area contributed by atoms with Crippen molar-refractivity contribution in [2.24, 2.45) is 5.92 Å². The van der Waals surface area contributed by atoms with Gasteiger partial charge in [0, 0.05) is 18.7 Å². The molecule has 18 heavy (non-hydrogen) atoms. The molecule has 0 heterocycles. The Kier molecular flexibility index (Phi) is 4.03. The fraction of sp³-hybridized carbons (Fsp3) is 0.462. The van der Waals surface area contributed by atoms with E-state index in [1.165, 1.54) is 12.8 Å². The van der Waals surface area contributed by atoms with Crippen molar-refractivity contribution in [2.75, 3.05) is 18.8 Å². The minimum absolute atomic E-state index is 0.0327. The summed E-state index contributed by atoms with van der Waals surface area (Å²) in [5, 5.41) is 0.626. The number of amides is 1. The summed E-state index contributed by atoms with van der Waals surface area (Å²) in [7, 11) is 0. The summed E-state index contributed by atoms with van der Waals surface area (Å²) in [6.07, 6.45) is 2.43. The largest absolute Gasteiger partial charge is 0.397 e. The number of carbonyl (C=O) groups excluding carboxylic acids is 1. The van der Waals surface area contributed by atoms with Crippen LogP contribution in [0.2, 0.25) is 10.0 Å². The number of anilines is 1. The van der Waals surface area contributed by atoms with Gasteiger partial charge in [-0.1, -0.05) is 23.2 Å². The molecule has 2 rings (SSSR count). The van der Waals surface area contributed by atoms with Gasteiger partial charge in [-0.25, -0.2) is 0 Å². The van der Waals surface area contributed by atoms with E-state index in [4.69, 9.17) is 28.9 Å². The molecular weight excluding hydrogens is 271 g/mol. The minimum atomic E-state index is -0.0327. The average molecular weight is 287 g/mol. The van der Waals surface area contributed by atoms with Gasteiger partial charge in [0.25, 0.3) is 5.91 Å². The van der Waals surface area contributed by atoms with Crippen molar-refractivity contribution in [3.63, 3.8) is 0 Å². The lowest BCUT2D eigenvalue weighted by molar-refractivity contribution is 0.0757. The molecule has 0 atom stereocenters. The predicted octanol–water partition coefficient (Wildman–Crippen LogP) is 3.45. The molecule has 0 unspecified atom stereocenters. The Morgan fingerprint density at radius 1 is 1.44 bits per heavy atom. The number of nitrogens with zero attached hydrogens (tertiary/aromatic N) is 1. The molecule has 2 N–H and O–H groups in total. The zero-order chi connectivity index (χ0) is 13.3. The van der Waals surface area contributed by atoms with E-state index >= 15 is 0 Å². The van der Waals surface area contributed by atoms with Crippen molar-refractivity contribution in [2.45, 2.75) is 19.8 Å². The maximum absolute atomic E-state index is 12.3. The van der Waals surface area contributed by atoms with Crippen LogP contribution in [0.15, 0.2) is 12.1 Å². The van der Waals surface area contributed by atoms with Gasteiger partial charge in [-0.05, 0) is 37.8 Å². The number of rotatable bonds is 4. The van der Waals surface area contributed by atoms with Crippen LogP contribution in [0.4, 0.5) is 5.69 Å². The Labute approximate surface area is 117 Å². The first-order chi connectivity index (χ1) is 8.52. The van der Waals surface area contributed by atoms with Crippen LogP contribution >= 0.6 is 23.2 Å². The topological polar surface area (TPSA) is 46.3 Å². The van der Waals surface area contributed by atoms with Crippen LogP contribution in [-0.4, -0.2) is 23.9 Å². The molecule has 1 aliphatic carbocycles. The monoisotopic (exact) mass is 286 g/mol. The zero-order valence-corrected chi connectivity index (χ0v) is 11.8. The first kappa shape index (κ1) is 13.5. The molecule has 0 aliphatic heterocycles. The van der Waals surface area contributed by atoms with E-state index in [0.717, 1.165) is 6.54 Å². The highest BCUT2D eigenvalue weighted by molar-refractivity contribution is 6.43. The fourth-order valence-electron chi connectivity index (χ4n) is 1.88. The SMILES string of the molecule is CCN(CC1CC1)C(=O)c1cc(N)c(Cl)c(Cl)c1. The average Bonchev–Trinajstić information content (AvgIpc) is 3.15. The molecule has 3 nitrogen and oxygen atoms in total. The van der Waals surface area contributed by atoms with Gasteiger partial charge in [0.1, 0.15) is 0 Å². The lowest BCUT2D eigenvalue weighted by Gasteiger charge is -2.21. The summed E-state index contributed by atoms with van der Waals surface area (Å²) in [5.74, 6) is 0.628. The third kappa shape index (κ3) is 2.90. The molecule has 0 spiro atoms. The maximum atomic E-state index is 12.3. The van der Waals surface area contributed by atoms with Gasteiger partial charge >= 0.3 is 0 Å². The molecule has 1 saturated carbocycles. The second-order valence-corrected chi connectivity index (χ2v) is 5.43. The second kappa shape index (κ2) is 5.37. The molecule has 0 bridgehead atoms. The lowest BCUT2D eigenvalue weighted by atomic mass is 10.1. The number of nitrogen functional groups attached to an aromatic ring is 1. The van der Waals surface area contributed by atoms with E-state index in [1.54, 1.807) is 12.1 Å². The summed E-state index contributed by atoms with van der Waals surface area (Å²) in [6.45, 7) is 3.48. The van der Waals surface area contributed by atoms with Crippen molar-refractivity contribution in [3.8, 4) is 0 Å². The Hall–Kier alpha value is -0.930. The van der Waals surface area contributed by atoms with Crippen LogP contribution in [0.1, 0.15) is 30.1 Å². The molecule has 1 aromatic rings.